The molecule has 0 radical (unpaired) electrons. The van der Waals surface area contributed by atoms with Gasteiger partial charge >= 0.3 is 0 Å². The third-order valence-corrected chi connectivity index (χ3v) is 10.4. The fourth-order valence-electron chi connectivity index (χ4n) is 4.19. The Labute approximate surface area is 176 Å². The molecule has 1 fully saturated rings. The lowest BCUT2D eigenvalue weighted by Gasteiger charge is -2.43. The molecular formula is C25H32O3Si. The van der Waals surface area contributed by atoms with Crippen molar-refractivity contribution in [3.63, 3.8) is 0 Å². The summed E-state index contributed by atoms with van der Waals surface area (Å²) < 4.78 is 19.2. The van der Waals surface area contributed by atoms with Crippen LogP contribution in [0.1, 0.15) is 41.5 Å². The predicted octanol–water partition coefficient (Wildman–Crippen LogP) is 4.11. The minimum absolute atomic E-state index is 0.0728. The molecule has 154 valence electrons. The van der Waals surface area contributed by atoms with Crippen molar-refractivity contribution in [2.24, 2.45) is 0 Å². The van der Waals surface area contributed by atoms with E-state index in [1.54, 1.807) is 0 Å². The van der Waals surface area contributed by atoms with Crippen molar-refractivity contribution in [3.05, 3.63) is 60.7 Å². The number of ether oxygens (including phenoxy) is 2. The van der Waals surface area contributed by atoms with Gasteiger partial charge in [0, 0.05) is 0 Å². The summed E-state index contributed by atoms with van der Waals surface area (Å²) in [4.78, 5) is 0. The smallest absolute Gasteiger partial charge is 0.261 e. The molecule has 2 aromatic rings. The molecule has 0 amide bonds. The molecule has 2 aromatic carbocycles. The molecule has 1 saturated heterocycles. The fourth-order valence-corrected chi connectivity index (χ4v) is 8.76. The molecule has 1 aliphatic rings. The molecule has 0 unspecified atom stereocenters. The predicted molar refractivity (Wildman–Crippen MR) is 121 cm³/mol. The van der Waals surface area contributed by atoms with Gasteiger partial charge in [-0.25, -0.2) is 0 Å². The lowest BCUT2D eigenvalue weighted by Crippen LogP contribution is -2.67. The van der Waals surface area contributed by atoms with Crippen LogP contribution < -0.4 is 10.4 Å². The summed E-state index contributed by atoms with van der Waals surface area (Å²) in [5, 5.41) is 2.45. The summed E-state index contributed by atoms with van der Waals surface area (Å²) in [5.74, 6) is 5.45. The standard InChI is InChI=1S/C25H32O3Si/c1-7-14-22-23(28-25(5,6)27-22)19-26-29(24(2,3)4,20-15-10-8-11-16-20)21-17-12-9-13-18-21/h8-13,15-18,22-23H,19H2,1-6H3/t22-,23+/m0/s1. The molecule has 0 bridgehead atoms. The first kappa shape index (κ1) is 21.8. The van der Waals surface area contributed by atoms with E-state index in [1.807, 2.05) is 20.8 Å². The maximum atomic E-state index is 6.99. The van der Waals surface area contributed by atoms with Gasteiger partial charge in [-0.05, 0) is 36.2 Å². The van der Waals surface area contributed by atoms with Crippen LogP contribution in [0.3, 0.4) is 0 Å². The Bertz CT molecular complexity index is 820. The summed E-state index contributed by atoms with van der Waals surface area (Å²) in [5.41, 5.74) is 0. The van der Waals surface area contributed by atoms with E-state index in [0.29, 0.717) is 6.61 Å². The van der Waals surface area contributed by atoms with Crippen LogP contribution in [0.15, 0.2) is 60.7 Å². The van der Waals surface area contributed by atoms with Crippen LogP contribution in [-0.4, -0.2) is 32.9 Å². The zero-order valence-corrected chi connectivity index (χ0v) is 19.4. The maximum Gasteiger partial charge on any atom is 0.261 e. The minimum Gasteiger partial charge on any atom is -0.405 e. The van der Waals surface area contributed by atoms with Gasteiger partial charge in [-0.15, -0.1) is 5.92 Å². The molecule has 0 N–H and O–H groups in total. The summed E-state index contributed by atoms with van der Waals surface area (Å²) >= 11 is 0. The van der Waals surface area contributed by atoms with Crippen LogP contribution in [0.5, 0.6) is 0 Å². The summed E-state index contributed by atoms with van der Waals surface area (Å²) in [6.07, 6.45) is -0.507. The number of hydrogen-bond acceptors (Lipinski definition) is 3. The topological polar surface area (TPSA) is 27.7 Å². The van der Waals surface area contributed by atoms with Crippen LogP contribution in [0.25, 0.3) is 0 Å². The molecule has 1 heterocycles. The van der Waals surface area contributed by atoms with Crippen LogP contribution >= 0.6 is 0 Å². The molecule has 1 aliphatic heterocycles. The SMILES string of the molecule is CC#C[C@@H]1OC(C)(C)O[C@@H]1CO[Si](c1ccccc1)(c1ccccc1)C(C)(C)C. The Kier molecular flexibility index (Phi) is 6.35. The van der Waals surface area contributed by atoms with Gasteiger partial charge in [-0.1, -0.05) is 87.4 Å². The van der Waals surface area contributed by atoms with Gasteiger partial charge in [0.25, 0.3) is 8.32 Å². The number of benzene rings is 2. The molecular weight excluding hydrogens is 376 g/mol. The summed E-state index contributed by atoms with van der Waals surface area (Å²) in [6.45, 7) is 13.0. The quantitative estimate of drug-likeness (QED) is 0.551. The van der Waals surface area contributed by atoms with Crippen molar-refractivity contribution in [2.75, 3.05) is 6.61 Å². The summed E-state index contributed by atoms with van der Waals surface area (Å²) in [6, 6.07) is 21.3. The molecule has 3 nitrogen and oxygen atoms in total. The van der Waals surface area contributed by atoms with Crippen LogP contribution in [-0.2, 0) is 13.9 Å². The van der Waals surface area contributed by atoms with Gasteiger partial charge < -0.3 is 13.9 Å². The van der Waals surface area contributed by atoms with Crippen molar-refractivity contribution in [1.82, 2.24) is 0 Å². The van der Waals surface area contributed by atoms with E-state index in [0.717, 1.165) is 0 Å². The molecule has 0 spiro atoms. The minimum atomic E-state index is -2.60. The van der Waals surface area contributed by atoms with Crippen LogP contribution in [0.2, 0.25) is 5.04 Å². The molecule has 2 atom stereocenters. The largest absolute Gasteiger partial charge is 0.405 e. The van der Waals surface area contributed by atoms with E-state index in [-0.39, 0.29) is 17.2 Å². The van der Waals surface area contributed by atoms with Crippen LogP contribution in [0, 0.1) is 11.8 Å². The highest BCUT2D eigenvalue weighted by Crippen LogP contribution is 2.38. The van der Waals surface area contributed by atoms with Crippen molar-refractivity contribution in [1.29, 1.82) is 0 Å². The normalized spacial score (nSPS) is 21.4. The lowest BCUT2D eigenvalue weighted by molar-refractivity contribution is -0.145. The highest BCUT2D eigenvalue weighted by molar-refractivity contribution is 6.99. The molecule has 29 heavy (non-hydrogen) atoms. The average molecular weight is 409 g/mol. The second-order valence-electron chi connectivity index (χ2n) is 8.96. The monoisotopic (exact) mass is 408 g/mol. The third kappa shape index (κ3) is 4.49. The highest BCUT2D eigenvalue weighted by Gasteiger charge is 2.51. The second-order valence-corrected chi connectivity index (χ2v) is 13.3. The first-order valence-electron chi connectivity index (χ1n) is 10.2. The number of hydrogen-bond donors (Lipinski definition) is 0. The molecule has 0 aliphatic carbocycles. The van der Waals surface area contributed by atoms with Crippen molar-refractivity contribution in [3.8, 4) is 11.8 Å². The van der Waals surface area contributed by atoms with E-state index in [9.17, 15) is 0 Å². The molecule has 3 rings (SSSR count). The zero-order chi connectivity index (χ0) is 21.1. The molecule has 0 saturated carbocycles. The van der Waals surface area contributed by atoms with Gasteiger partial charge in [-0.2, -0.15) is 0 Å². The Morgan fingerprint density at radius 2 is 1.45 bits per heavy atom. The van der Waals surface area contributed by atoms with Gasteiger partial charge in [0.2, 0.25) is 0 Å². The number of rotatable bonds is 5. The van der Waals surface area contributed by atoms with E-state index >= 15 is 0 Å². The average Bonchev–Trinajstić information content (AvgIpc) is 2.97. The third-order valence-electron chi connectivity index (χ3n) is 5.35. The van der Waals surface area contributed by atoms with E-state index in [2.05, 4.69) is 93.3 Å². The van der Waals surface area contributed by atoms with Crippen molar-refractivity contribution < 1.29 is 13.9 Å². The summed E-state index contributed by atoms with van der Waals surface area (Å²) in [7, 11) is -2.60. The van der Waals surface area contributed by atoms with Gasteiger partial charge in [-0.3, -0.25) is 0 Å². The van der Waals surface area contributed by atoms with Gasteiger partial charge in [0.05, 0.1) is 6.61 Å². The highest BCUT2D eigenvalue weighted by atomic mass is 28.4. The molecule has 4 heteroatoms. The first-order valence-corrected chi connectivity index (χ1v) is 12.1. The van der Waals surface area contributed by atoms with E-state index in [4.69, 9.17) is 13.9 Å². The fraction of sp³-hybridized carbons (Fsp3) is 0.440. The van der Waals surface area contributed by atoms with Crippen molar-refractivity contribution >= 4 is 18.7 Å². The lowest BCUT2D eigenvalue weighted by atomic mass is 10.2. The van der Waals surface area contributed by atoms with Crippen molar-refractivity contribution in [2.45, 2.75) is 64.6 Å². The molecule has 0 aromatic heterocycles. The first-order chi connectivity index (χ1) is 13.7. The van der Waals surface area contributed by atoms with E-state index < -0.39 is 14.1 Å². The van der Waals surface area contributed by atoms with Crippen LogP contribution in [0.4, 0.5) is 0 Å². The Hall–Kier alpha value is -1.90. The Morgan fingerprint density at radius 3 is 1.90 bits per heavy atom. The van der Waals surface area contributed by atoms with Gasteiger partial charge in [0.15, 0.2) is 5.79 Å². The Morgan fingerprint density at radius 1 is 0.931 bits per heavy atom. The van der Waals surface area contributed by atoms with E-state index in [1.165, 1.54) is 10.4 Å². The second kappa shape index (κ2) is 8.45. The maximum absolute atomic E-state index is 6.99. The Balaban J connectivity index is 2.03. The zero-order valence-electron chi connectivity index (χ0n) is 18.4. The van der Waals surface area contributed by atoms with Gasteiger partial charge in [0.1, 0.15) is 12.2 Å².